The van der Waals surface area contributed by atoms with E-state index in [0.717, 1.165) is 18.4 Å². The van der Waals surface area contributed by atoms with Crippen molar-refractivity contribution >= 4 is 11.8 Å². The summed E-state index contributed by atoms with van der Waals surface area (Å²) in [5.74, 6) is 0.362. The van der Waals surface area contributed by atoms with Gasteiger partial charge in [0, 0.05) is 12.7 Å². The number of anilines is 1. The second-order valence-electron chi connectivity index (χ2n) is 5.53. The number of ether oxygens (including phenoxy) is 1. The molecule has 1 aliphatic rings. The highest BCUT2D eigenvalue weighted by atomic mass is 16.5. The number of aliphatic hydroxyl groups excluding tert-OH is 1. The molecule has 7 nitrogen and oxygen atoms in total. The van der Waals surface area contributed by atoms with E-state index in [1.165, 1.54) is 18.9 Å². The van der Waals surface area contributed by atoms with Gasteiger partial charge in [-0.1, -0.05) is 24.3 Å². The van der Waals surface area contributed by atoms with Crippen molar-refractivity contribution in [2.45, 2.75) is 18.9 Å². The molecule has 1 aromatic carbocycles. The van der Waals surface area contributed by atoms with Gasteiger partial charge in [-0.25, -0.2) is 9.78 Å². The molecule has 0 saturated carbocycles. The van der Waals surface area contributed by atoms with Gasteiger partial charge in [-0.3, -0.25) is 5.32 Å². The fourth-order valence-electron chi connectivity index (χ4n) is 3.06. The average Bonchev–Trinajstić information content (AvgIpc) is 3.03. The number of nitrogens with one attached hydrogen (secondary N) is 1. The smallest absolute Gasteiger partial charge is 0.323 e. The van der Waals surface area contributed by atoms with Gasteiger partial charge in [0.1, 0.15) is 5.82 Å². The van der Waals surface area contributed by atoms with Crippen LogP contribution in [0.25, 0.3) is 0 Å². The molecule has 2 N–H and O–H groups in total. The van der Waals surface area contributed by atoms with Crippen molar-refractivity contribution in [2.75, 3.05) is 25.6 Å². The molecular formula is C17H20N4O3. The molecule has 24 heavy (non-hydrogen) atoms. The van der Waals surface area contributed by atoms with Crippen molar-refractivity contribution < 1.29 is 14.6 Å². The maximum atomic E-state index is 12.7. The van der Waals surface area contributed by atoms with Crippen LogP contribution in [0.2, 0.25) is 0 Å². The summed E-state index contributed by atoms with van der Waals surface area (Å²) in [4.78, 5) is 22.4. The molecule has 3 rings (SSSR count). The highest BCUT2D eigenvalue weighted by Gasteiger charge is 2.30. The molecule has 1 atom stereocenters. The Kier molecular flexibility index (Phi) is 4.90. The molecule has 126 valence electrons. The second kappa shape index (κ2) is 7.27. The van der Waals surface area contributed by atoms with Crippen LogP contribution in [-0.4, -0.2) is 46.3 Å². The zero-order chi connectivity index (χ0) is 16.9. The molecular weight excluding hydrogens is 308 g/mol. The average molecular weight is 328 g/mol. The third-order valence-electron chi connectivity index (χ3n) is 4.13. The molecule has 2 amide bonds. The van der Waals surface area contributed by atoms with E-state index in [4.69, 9.17) is 4.74 Å². The van der Waals surface area contributed by atoms with E-state index in [1.54, 1.807) is 11.0 Å². The van der Waals surface area contributed by atoms with Crippen LogP contribution in [0.15, 0.2) is 36.5 Å². The van der Waals surface area contributed by atoms with Crippen molar-refractivity contribution in [1.82, 2.24) is 14.9 Å². The topological polar surface area (TPSA) is 87.6 Å². The standard InChI is InChI=1S/C17H20N4O3/c1-24-16-18-9-8-15(19-16)20-17(23)21(10-11-22)14-7-6-12-4-2-3-5-13(12)14/h2-5,8-9,14,22H,6-7,10-11H2,1H3,(H,18,19,20,23)/t14-/m1/s1. The van der Waals surface area contributed by atoms with Gasteiger partial charge < -0.3 is 14.7 Å². The van der Waals surface area contributed by atoms with Crippen LogP contribution < -0.4 is 10.1 Å². The first kappa shape index (κ1) is 16.2. The Morgan fingerprint density at radius 2 is 2.25 bits per heavy atom. The van der Waals surface area contributed by atoms with Crippen LogP contribution >= 0.6 is 0 Å². The Labute approximate surface area is 140 Å². The Hall–Kier alpha value is -2.67. The summed E-state index contributed by atoms with van der Waals surface area (Å²) in [6.45, 7) is 0.159. The van der Waals surface area contributed by atoms with Gasteiger partial charge in [0.25, 0.3) is 0 Å². The number of aryl methyl sites for hydroxylation is 1. The summed E-state index contributed by atoms with van der Waals surface area (Å²) in [6.07, 6.45) is 3.29. The van der Waals surface area contributed by atoms with Crippen molar-refractivity contribution in [2.24, 2.45) is 0 Å². The van der Waals surface area contributed by atoms with Crippen LogP contribution in [-0.2, 0) is 6.42 Å². The van der Waals surface area contributed by atoms with Gasteiger partial charge in [0.05, 0.1) is 19.8 Å². The number of aromatic nitrogens is 2. The van der Waals surface area contributed by atoms with E-state index in [9.17, 15) is 9.90 Å². The van der Waals surface area contributed by atoms with Crippen molar-refractivity contribution in [3.63, 3.8) is 0 Å². The van der Waals surface area contributed by atoms with E-state index in [0.29, 0.717) is 5.82 Å². The largest absolute Gasteiger partial charge is 0.467 e. The lowest BCUT2D eigenvalue weighted by Crippen LogP contribution is -2.39. The van der Waals surface area contributed by atoms with Crippen LogP contribution in [0, 0.1) is 0 Å². The van der Waals surface area contributed by atoms with Gasteiger partial charge >= 0.3 is 12.0 Å². The number of aliphatic hydroxyl groups is 1. The molecule has 0 fully saturated rings. The molecule has 1 aromatic heterocycles. The highest BCUT2D eigenvalue weighted by Crippen LogP contribution is 2.35. The molecule has 0 bridgehead atoms. The number of urea groups is 1. The summed E-state index contributed by atoms with van der Waals surface area (Å²) < 4.78 is 4.96. The first-order valence-electron chi connectivity index (χ1n) is 7.86. The number of fused-ring (bicyclic) bond motifs is 1. The van der Waals surface area contributed by atoms with Crippen molar-refractivity contribution in [3.05, 3.63) is 47.7 Å². The van der Waals surface area contributed by atoms with Gasteiger partial charge in [-0.05, 0) is 30.0 Å². The zero-order valence-corrected chi connectivity index (χ0v) is 13.5. The number of benzene rings is 1. The fourth-order valence-corrected chi connectivity index (χ4v) is 3.06. The molecule has 0 spiro atoms. The van der Waals surface area contributed by atoms with Crippen LogP contribution in [0.5, 0.6) is 6.01 Å². The molecule has 1 aliphatic carbocycles. The van der Waals surface area contributed by atoms with Crippen molar-refractivity contribution in [3.8, 4) is 6.01 Å². The van der Waals surface area contributed by atoms with Crippen LogP contribution in [0.3, 0.4) is 0 Å². The number of nitrogens with zero attached hydrogens (tertiary/aromatic N) is 3. The maximum absolute atomic E-state index is 12.7. The summed E-state index contributed by atoms with van der Waals surface area (Å²) in [7, 11) is 1.47. The van der Waals surface area contributed by atoms with E-state index < -0.39 is 0 Å². The predicted molar refractivity (Wildman–Crippen MR) is 88.9 cm³/mol. The summed E-state index contributed by atoms with van der Waals surface area (Å²) in [5.41, 5.74) is 2.39. The SMILES string of the molecule is COc1nccc(NC(=O)N(CCO)[C@@H]2CCc3ccccc32)n1. The fraction of sp³-hybridized carbons (Fsp3) is 0.353. The zero-order valence-electron chi connectivity index (χ0n) is 13.5. The number of hydrogen-bond donors (Lipinski definition) is 2. The minimum absolute atomic E-state index is 0.0444. The summed E-state index contributed by atoms with van der Waals surface area (Å²) in [5, 5.41) is 12.1. The predicted octanol–water partition coefficient (Wildman–Crippen LogP) is 2.00. The number of carbonyl (C=O) groups excluding carboxylic acids is 1. The molecule has 0 aliphatic heterocycles. The highest BCUT2D eigenvalue weighted by molar-refractivity contribution is 5.88. The third kappa shape index (κ3) is 3.30. The minimum atomic E-state index is -0.300. The number of carbonyl (C=O) groups is 1. The molecule has 2 aromatic rings. The third-order valence-corrected chi connectivity index (χ3v) is 4.13. The summed E-state index contributed by atoms with van der Waals surface area (Å²) in [6, 6.07) is 9.54. The van der Waals surface area contributed by atoms with Crippen LogP contribution in [0.1, 0.15) is 23.6 Å². The van der Waals surface area contributed by atoms with E-state index >= 15 is 0 Å². The Morgan fingerprint density at radius 1 is 1.42 bits per heavy atom. The number of hydrogen-bond acceptors (Lipinski definition) is 5. The number of amides is 2. The lowest BCUT2D eigenvalue weighted by Gasteiger charge is -2.29. The molecule has 7 heteroatoms. The Balaban J connectivity index is 1.79. The summed E-state index contributed by atoms with van der Waals surface area (Å²) >= 11 is 0. The van der Waals surface area contributed by atoms with Gasteiger partial charge in [-0.2, -0.15) is 4.98 Å². The Morgan fingerprint density at radius 3 is 3.04 bits per heavy atom. The van der Waals surface area contributed by atoms with Gasteiger partial charge in [0.15, 0.2) is 0 Å². The lowest BCUT2D eigenvalue weighted by atomic mass is 10.1. The van der Waals surface area contributed by atoms with E-state index in [-0.39, 0.29) is 31.2 Å². The molecule has 0 saturated heterocycles. The molecule has 0 radical (unpaired) electrons. The first-order chi connectivity index (χ1) is 11.7. The quantitative estimate of drug-likeness (QED) is 0.876. The Bertz CT molecular complexity index is 722. The number of methoxy groups -OCH3 is 1. The van der Waals surface area contributed by atoms with Gasteiger partial charge in [0.2, 0.25) is 0 Å². The lowest BCUT2D eigenvalue weighted by molar-refractivity contribution is 0.162. The minimum Gasteiger partial charge on any atom is -0.467 e. The second-order valence-corrected chi connectivity index (χ2v) is 5.53. The normalized spacial score (nSPS) is 15.7. The van der Waals surface area contributed by atoms with Crippen molar-refractivity contribution in [1.29, 1.82) is 0 Å². The molecule has 0 unspecified atom stereocenters. The van der Waals surface area contributed by atoms with E-state index in [2.05, 4.69) is 21.4 Å². The van der Waals surface area contributed by atoms with Gasteiger partial charge in [-0.15, -0.1) is 0 Å². The van der Waals surface area contributed by atoms with Crippen LogP contribution in [0.4, 0.5) is 10.6 Å². The number of rotatable bonds is 5. The monoisotopic (exact) mass is 328 g/mol. The first-order valence-corrected chi connectivity index (χ1v) is 7.86. The maximum Gasteiger partial charge on any atom is 0.323 e. The molecule has 1 heterocycles. The van der Waals surface area contributed by atoms with E-state index in [1.807, 2.05) is 18.2 Å².